The molecule has 0 aromatic heterocycles. The van der Waals surface area contributed by atoms with Crippen molar-refractivity contribution in [1.82, 2.24) is 0 Å². The molecule has 2 atom stereocenters. The van der Waals surface area contributed by atoms with E-state index in [1.54, 1.807) is 12.1 Å². The van der Waals surface area contributed by atoms with E-state index in [4.69, 9.17) is 0 Å². The minimum Gasteiger partial charge on any atom is -0.395 e. The second kappa shape index (κ2) is 4.26. The molecule has 2 rings (SSSR count). The Kier molecular flexibility index (Phi) is 3.22. The molecule has 0 spiro atoms. The predicted molar refractivity (Wildman–Crippen MR) is 70.1 cm³/mol. The van der Waals surface area contributed by atoms with Gasteiger partial charge in [-0.3, -0.25) is 0 Å². The molecule has 94 valence electrons. The van der Waals surface area contributed by atoms with Crippen LogP contribution in [0.1, 0.15) is 6.92 Å². The first-order chi connectivity index (χ1) is 7.89. The van der Waals surface area contributed by atoms with Crippen LogP contribution in [-0.4, -0.2) is 38.5 Å². The van der Waals surface area contributed by atoms with Crippen LogP contribution in [0.15, 0.2) is 27.6 Å². The molecule has 1 heterocycles. The molecule has 2 unspecified atom stereocenters. The maximum atomic E-state index is 12.3. The van der Waals surface area contributed by atoms with Crippen LogP contribution in [0.4, 0.5) is 5.69 Å². The third-order valence-corrected chi connectivity index (χ3v) is 6.11. The first kappa shape index (κ1) is 12.9. The molecule has 0 radical (unpaired) electrons. The maximum Gasteiger partial charge on any atom is 0.187 e. The Balaban J connectivity index is 2.71. The van der Waals surface area contributed by atoms with Crippen molar-refractivity contribution >= 4 is 31.5 Å². The van der Waals surface area contributed by atoms with E-state index in [1.807, 2.05) is 24.9 Å². The number of rotatable bonds is 1. The maximum absolute atomic E-state index is 12.3. The van der Waals surface area contributed by atoms with E-state index in [-0.39, 0.29) is 17.5 Å². The zero-order chi connectivity index (χ0) is 12.8. The molecular weight excluding hydrogens is 306 g/mol. The zero-order valence-corrected chi connectivity index (χ0v) is 12.0. The summed E-state index contributed by atoms with van der Waals surface area (Å²) in [5.74, 6) is 0. The van der Waals surface area contributed by atoms with Crippen LogP contribution in [0.5, 0.6) is 0 Å². The zero-order valence-electron chi connectivity index (χ0n) is 9.59. The van der Waals surface area contributed by atoms with Gasteiger partial charge >= 0.3 is 0 Å². The first-order valence-electron chi connectivity index (χ1n) is 5.26. The molecule has 1 aliphatic rings. The lowest BCUT2D eigenvalue weighted by atomic mass is 10.1. The third-order valence-electron chi connectivity index (χ3n) is 3.34. The van der Waals surface area contributed by atoms with Gasteiger partial charge in [0.15, 0.2) is 9.84 Å². The van der Waals surface area contributed by atoms with Crippen molar-refractivity contribution in [2.24, 2.45) is 0 Å². The number of aliphatic hydroxyl groups is 1. The Hall–Kier alpha value is -0.590. The molecule has 4 nitrogen and oxygen atoms in total. The van der Waals surface area contributed by atoms with E-state index in [0.717, 1.165) is 4.47 Å². The van der Waals surface area contributed by atoms with Crippen molar-refractivity contribution in [2.75, 3.05) is 18.6 Å². The number of hydrogen-bond acceptors (Lipinski definition) is 4. The van der Waals surface area contributed by atoms with Crippen LogP contribution in [0.25, 0.3) is 0 Å². The van der Waals surface area contributed by atoms with Crippen LogP contribution < -0.4 is 4.90 Å². The minimum absolute atomic E-state index is 0.237. The number of halogens is 1. The van der Waals surface area contributed by atoms with E-state index in [2.05, 4.69) is 15.9 Å². The summed E-state index contributed by atoms with van der Waals surface area (Å²) in [5, 5.41) is 8.52. The third kappa shape index (κ3) is 1.88. The van der Waals surface area contributed by atoms with Gasteiger partial charge in [-0.05, 0) is 25.1 Å². The summed E-state index contributed by atoms with van der Waals surface area (Å²) in [4.78, 5) is 2.18. The van der Waals surface area contributed by atoms with Gasteiger partial charge in [-0.25, -0.2) is 8.42 Å². The van der Waals surface area contributed by atoms with Crippen LogP contribution in [0.3, 0.4) is 0 Å². The molecule has 0 bridgehead atoms. The highest BCUT2D eigenvalue weighted by Crippen LogP contribution is 2.37. The van der Waals surface area contributed by atoms with Gasteiger partial charge in [0.25, 0.3) is 0 Å². The average molecular weight is 320 g/mol. The van der Waals surface area contributed by atoms with E-state index in [1.165, 1.54) is 0 Å². The quantitative estimate of drug-likeness (QED) is 0.850. The summed E-state index contributed by atoms with van der Waals surface area (Å²) >= 11 is 3.27. The van der Waals surface area contributed by atoms with Crippen LogP contribution in [0, 0.1) is 0 Å². The molecule has 1 N–H and O–H groups in total. The number of anilines is 1. The molecular formula is C11H14BrNO3S. The van der Waals surface area contributed by atoms with Crippen LogP contribution >= 0.6 is 15.9 Å². The summed E-state index contributed by atoms with van der Waals surface area (Å²) in [6, 6.07) is 4.95. The number of nitrogens with zero attached hydrogens (tertiary/aromatic N) is 1. The van der Waals surface area contributed by atoms with Gasteiger partial charge in [-0.1, -0.05) is 15.9 Å². The van der Waals surface area contributed by atoms with E-state index in [9.17, 15) is 13.5 Å². The lowest BCUT2D eigenvalue weighted by Gasteiger charge is -2.38. The molecule has 17 heavy (non-hydrogen) atoms. The number of hydrogen-bond donors (Lipinski definition) is 1. The van der Waals surface area contributed by atoms with Crippen LogP contribution in [0.2, 0.25) is 0 Å². The molecule has 0 saturated carbocycles. The Bertz CT molecular complexity index is 544. The van der Waals surface area contributed by atoms with Crippen molar-refractivity contribution in [3.63, 3.8) is 0 Å². The first-order valence-corrected chi connectivity index (χ1v) is 7.60. The van der Waals surface area contributed by atoms with Crippen molar-refractivity contribution in [3.8, 4) is 0 Å². The normalized spacial score (nSPS) is 26.7. The number of benzene rings is 1. The summed E-state index contributed by atoms with van der Waals surface area (Å²) < 4.78 is 25.4. The fourth-order valence-corrected chi connectivity index (χ4v) is 4.68. The summed E-state index contributed by atoms with van der Waals surface area (Å²) in [5.41, 5.74) is 0.686. The lowest BCUT2D eigenvalue weighted by Crippen LogP contribution is -2.49. The highest BCUT2D eigenvalue weighted by Gasteiger charge is 2.41. The predicted octanol–water partition coefficient (Wildman–Crippen LogP) is 1.42. The molecule has 0 amide bonds. The molecule has 0 fully saturated rings. The largest absolute Gasteiger partial charge is 0.395 e. The Morgan fingerprint density at radius 3 is 2.71 bits per heavy atom. The van der Waals surface area contributed by atoms with Gasteiger partial charge in [0, 0.05) is 17.6 Å². The lowest BCUT2D eigenvalue weighted by molar-refractivity contribution is 0.277. The molecule has 1 aromatic rings. The summed E-state index contributed by atoms with van der Waals surface area (Å²) in [6.45, 7) is 1.45. The van der Waals surface area contributed by atoms with Gasteiger partial charge in [-0.15, -0.1) is 0 Å². The second-order valence-electron chi connectivity index (χ2n) is 4.23. The van der Waals surface area contributed by atoms with Crippen molar-refractivity contribution in [2.45, 2.75) is 23.1 Å². The SMILES string of the molecule is CC1C(CO)S(=O)(=O)c2cc(Br)ccc2N1C. The summed E-state index contributed by atoms with van der Waals surface area (Å²) in [6.07, 6.45) is 0. The summed E-state index contributed by atoms with van der Waals surface area (Å²) in [7, 11) is -1.62. The number of aliphatic hydroxyl groups excluding tert-OH is 1. The van der Waals surface area contributed by atoms with Gasteiger partial charge < -0.3 is 10.0 Å². The minimum atomic E-state index is -3.46. The van der Waals surface area contributed by atoms with Gasteiger partial charge in [0.1, 0.15) is 5.25 Å². The Morgan fingerprint density at radius 1 is 1.47 bits per heavy atom. The topological polar surface area (TPSA) is 57.6 Å². The van der Waals surface area contributed by atoms with E-state index < -0.39 is 15.1 Å². The fraction of sp³-hybridized carbons (Fsp3) is 0.455. The fourth-order valence-electron chi connectivity index (χ4n) is 2.15. The molecule has 0 aliphatic carbocycles. The number of fused-ring (bicyclic) bond motifs is 1. The van der Waals surface area contributed by atoms with E-state index >= 15 is 0 Å². The molecule has 1 aromatic carbocycles. The molecule has 6 heteroatoms. The van der Waals surface area contributed by atoms with Crippen molar-refractivity contribution in [3.05, 3.63) is 22.7 Å². The van der Waals surface area contributed by atoms with Crippen molar-refractivity contribution < 1.29 is 13.5 Å². The second-order valence-corrected chi connectivity index (χ2v) is 7.28. The Morgan fingerprint density at radius 2 is 2.12 bits per heavy atom. The molecule has 0 saturated heterocycles. The van der Waals surface area contributed by atoms with Crippen LogP contribution in [-0.2, 0) is 9.84 Å². The standard InChI is InChI=1S/C11H14BrNO3S/c1-7-11(6-14)17(15,16)10-5-8(12)3-4-9(10)13(7)2/h3-5,7,11,14H,6H2,1-2H3. The Labute approximate surface area is 109 Å². The highest BCUT2D eigenvalue weighted by atomic mass is 79.9. The van der Waals surface area contributed by atoms with E-state index in [0.29, 0.717) is 5.69 Å². The van der Waals surface area contributed by atoms with Gasteiger partial charge in [0.2, 0.25) is 0 Å². The van der Waals surface area contributed by atoms with Gasteiger partial charge in [-0.2, -0.15) is 0 Å². The molecule has 1 aliphatic heterocycles. The van der Waals surface area contributed by atoms with Crippen molar-refractivity contribution in [1.29, 1.82) is 0 Å². The average Bonchev–Trinajstić information content (AvgIpc) is 2.27. The monoisotopic (exact) mass is 319 g/mol. The number of sulfone groups is 1. The van der Waals surface area contributed by atoms with Gasteiger partial charge in [0.05, 0.1) is 17.2 Å². The smallest absolute Gasteiger partial charge is 0.187 e. The highest BCUT2D eigenvalue weighted by molar-refractivity contribution is 9.10.